The Balaban J connectivity index is 2.06. The van der Waals surface area contributed by atoms with Gasteiger partial charge in [-0.25, -0.2) is 14.2 Å². The normalized spacial score (nSPS) is 10.5. The van der Waals surface area contributed by atoms with Gasteiger partial charge in [0.15, 0.2) is 11.5 Å². The van der Waals surface area contributed by atoms with Crippen LogP contribution in [0.4, 0.5) is 15.9 Å². The lowest BCUT2D eigenvalue weighted by Crippen LogP contribution is -2.12. The summed E-state index contributed by atoms with van der Waals surface area (Å²) in [6.45, 7) is -0.761. The first-order valence-corrected chi connectivity index (χ1v) is 8.70. The summed E-state index contributed by atoms with van der Waals surface area (Å²) >= 11 is 0. The molecule has 0 aliphatic carbocycles. The Bertz CT molecular complexity index is 1060. The molecule has 0 aliphatic heterocycles. The molecule has 0 aliphatic rings. The Morgan fingerprint density at radius 3 is 2.59 bits per heavy atom. The summed E-state index contributed by atoms with van der Waals surface area (Å²) in [7, 11) is 3.14. The number of aliphatic hydroxyl groups excluding tert-OH is 1. The summed E-state index contributed by atoms with van der Waals surface area (Å²) in [4.78, 5) is 15.6. The van der Waals surface area contributed by atoms with Crippen LogP contribution in [-0.2, 0) is 4.79 Å². The number of aliphatic hydroxyl groups is 1. The number of carbonyl (C=O) groups excluding carboxylic acids is 1. The Hall–Kier alpha value is -3.65. The summed E-state index contributed by atoms with van der Waals surface area (Å²) in [6, 6.07) is 11.4. The minimum atomic E-state index is -0.816. The number of nitrogens with two attached hydrogens (primary N) is 1. The SMILES string of the molecule is CNc1ccc(-c2cc(-c3ccc(OC)c(OC(=O)CO)c3)cnc2N)c(F)c1. The topological polar surface area (TPSA) is 107 Å². The zero-order valence-corrected chi connectivity index (χ0v) is 15.9. The summed E-state index contributed by atoms with van der Waals surface area (Å²) in [5, 5.41) is 11.8. The number of nitrogens with zero attached hydrogens (tertiary/aromatic N) is 1. The van der Waals surface area contributed by atoms with Crippen molar-refractivity contribution in [2.75, 3.05) is 31.8 Å². The van der Waals surface area contributed by atoms with Crippen LogP contribution in [0.1, 0.15) is 0 Å². The third-order valence-corrected chi connectivity index (χ3v) is 4.32. The predicted octanol–water partition coefficient (Wildman–Crippen LogP) is 3.08. The number of anilines is 2. The summed E-state index contributed by atoms with van der Waals surface area (Å²) in [5.74, 6) is -0.594. The summed E-state index contributed by atoms with van der Waals surface area (Å²) < 4.78 is 24.8. The van der Waals surface area contributed by atoms with Gasteiger partial charge in [0.2, 0.25) is 0 Å². The first-order valence-electron chi connectivity index (χ1n) is 8.70. The molecule has 0 saturated heterocycles. The third-order valence-electron chi connectivity index (χ3n) is 4.32. The summed E-state index contributed by atoms with van der Waals surface area (Å²) in [6.07, 6.45) is 1.54. The Labute approximate surface area is 166 Å². The van der Waals surface area contributed by atoms with E-state index in [9.17, 15) is 9.18 Å². The fourth-order valence-electron chi connectivity index (χ4n) is 2.83. The largest absolute Gasteiger partial charge is 0.493 e. The number of carbonyl (C=O) groups is 1. The first kappa shape index (κ1) is 20.1. The van der Waals surface area contributed by atoms with Crippen LogP contribution in [0.25, 0.3) is 22.3 Å². The molecule has 0 unspecified atom stereocenters. The lowest BCUT2D eigenvalue weighted by atomic mass is 10.00. The number of methoxy groups -OCH3 is 1. The average molecular weight is 397 g/mol. The van der Waals surface area contributed by atoms with E-state index in [4.69, 9.17) is 20.3 Å². The van der Waals surface area contributed by atoms with Gasteiger partial charge in [-0.3, -0.25) is 0 Å². The number of hydrogen-bond acceptors (Lipinski definition) is 7. The zero-order chi connectivity index (χ0) is 21.0. The van der Waals surface area contributed by atoms with Crippen LogP contribution in [0, 0.1) is 5.82 Å². The number of pyridine rings is 1. The maximum absolute atomic E-state index is 14.6. The van der Waals surface area contributed by atoms with Gasteiger partial charge in [0.25, 0.3) is 0 Å². The quantitative estimate of drug-likeness (QED) is 0.433. The van der Waals surface area contributed by atoms with Crippen molar-refractivity contribution < 1.29 is 23.8 Å². The molecule has 0 bridgehead atoms. The van der Waals surface area contributed by atoms with Gasteiger partial charge in [-0.2, -0.15) is 0 Å². The number of nitrogens with one attached hydrogen (secondary N) is 1. The highest BCUT2D eigenvalue weighted by Crippen LogP contribution is 2.36. The second-order valence-corrected chi connectivity index (χ2v) is 6.10. The molecule has 150 valence electrons. The summed E-state index contributed by atoms with van der Waals surface area (Å²) in [5.41, 5.74) is 8.66. The highest BCUT2D eigenvalue weighted by atomic mass is 19.1. The van der Waals surface area contributed by atoms with E-state index in [-0.39, 0.29) is 11.6 Å². The molecular formula is C21H20FN3O4. The lowest BCUT2D eigenvalue weighted by molar-refractivity contribution is -0.137. The molecule has 29 heavy (non-hydrogen) atoms. The number of hydrogen-bond donors (Lipinski definition) is 3. The van der Waals surface area contributed by atoms with Crippen molar-refractivity contribution in [3.8, 4) is 33.8 Å². The van der Waals surface area contributed by atoms with Gasteiger partial charge in [-0.1, -0.05) is 6.07 Å². The van der Waals surface area contributed by atoms with Crippen LogP contribution in [0.15, 0.2) is 48.7 Å². The number of nitrogen functional groups attached to an aromatic ring is 1. The van der Waals surface area contributed by atoms with Crippen molar-refractivity contribution >= 4 is 17.5 Å². The van der Waals surface area contributed by atoms with Crippen LogP contribution in [0.2, 0.25) is 0 Å². The molecule has 4 N–H and O–H groups in total. The van der Waals surface area contributed by atoms with Gasteiger partial charge in [-0.05, 0) is 42.0 Å². The molecule has 0 amide bonds. The minimum absolute atomic E-state index is 0.145. The van der Waals surface area contributed by atoms with Gasteiger partial charge in [0.1, 0.15) is 18.2 Å². The van der Waals surface area contributed by atoms with Crippen molar-refractivity contribution in [2.24, 2.45) is 0 Å². The highest BCUT2D eigenvalue weighted by molar-refractivity contribution is 5.81. The Kier molecular flexibility index (Phi) is 5.94. The second kappa shape index (κ2) is 8.57. The van der Waals surface area contributed by atoms with Crippen molar-refractivity contribution in [1.29, 1.82) is 0 Å². The predicted molar refractivity (Wildman–Crippen MR) is 108 cm³/mol. The van der Waals surface area contributed by atoms with Crippen molar-refractivity contribution in [3.05, 3.63) is 54.5 Å². The number of rotatable bonds is 6. The van der Waals surface area contributed by atoms with Crippen LogP contribution >= 0.6 is 0 Å². The fraction of sp³-hybridized carbons (Fsp3) is 0.143. The van der Waals surface area contributed by atoms with Gasteiger partial charge in [0.05, 0.1) is 7.11 Å². The van der Waals surface area contributed by atoms with Crippen LogP contribution < -0.4 is 20.5 Å². The second-order valence-electron chi connectivity index (χ2n) is 6.10. The molecule has 3 rings (SSSR count). The highest BCUT2D eigenvalue weighted by Gasteiger charge is 2.15. The maximum Gasteiger partial charge on any atom is 0.337 e. The minimum Gasteiger partial charge on any atom is -0.493 e. The van der Waals surface area contributed by atoms with Crippen LogP contribution in [0.5, 0.6) is 11.5 Å². The van der Waals surface area contributed by atoms with Crippen molar-refractivity contribution in [1.82, 2.24) is 4.98 Å². The maximum atomic E-state index is 14.6. The van der Waals surface area contributed by atoms with E-state index < -0.39 is 18.4 Å². The standard InChI is InChI=1S/C21H20FN3O4/c1-24-14-4-5-15(17(22)9-14)16-7-13(10-25-21(16)23)12-3-6-18(28-2)19(8-12)29-20(27)11-26/h3-10,24,26H,11H2,1-2H3,(H2,23,25). The van der Waals surface area contributed by atoms with Gasteiger partial charge in [0, 0.05) is 35.6 Å². The van der Waals surface area contributed by atoms with E-state index in [2.05, 4.69) is 10.3 Å². The zero-order valence-electron chi connectivity index (χ0n) is 15.9. The lowest BCUT2D eigenvalue weighted by Gasteiger charge is -2.13. The molecule has 0 atom stereocenters. The molecule has 3 aromatic rings. The van der Waals surface area contributed by atoms with E-state index in [0.717, 1.165) is 0 Å². The van der Waals surface area contributed by atoms with E-state index in [0.29, 0.717) is 33.7 Å². The van der Waals surface area contributed by atoms with Crippen molar-refractivity contribution in [2.45, 2.75) is 0 Å². The monoisotopic (exact) mass is 397 g/mol. The fourth-order valence-corrected chi connectivity index (χ4v) is 2.83. The number of ether oxygens (including phenoxy) is 2. The van der Waals surface area contributed by atoms with E-state index >= 15 is 0 Å². The molecule has 0 spiro atoms. The molecule has 2 aromatic carbocycles. The van der Waals surface area contributed by atoms with Gasteiger partial charge in [-0.15, -0.1) is 0 Å². The third kappa shape index (κ3) is 4.27. The molecule has 0 fully saturated rings. The number of esters is 1. The number of benzene rings is 2. The Morgan fingerprint density at radius 1 is 1.14 bits per heavy atom. The molecule has 1 heterocycles. The smallest absolute Gasteiger partial charge is 0.337 e. The van der Waals surface area contributed by atoms with Gasteiger partial charge < -0.3 is 25.6 Å². The molecule has 0 saturated carbocycles. The van der Waals surface area contributed by atoms with E-state index in [1.165, 1.54) is 19.4 Å². The molecule has 8 heteroatoms. The first-order chi connectivity index (χ1) is 14.0. The molecule has 7 nitrogen and oxygen atoms in total. The average Bonchev–Trinajstić information content (AvgIpc) is 2.74. The van der Waals surface area contributed by atoms with Crippen LogP contribution in [0.3, 0.4) is 0 Å². The van der Waals surface area contributed by atoms with Gasteiger partial charge >= 0.3 is 5.97 Å². The number of halogens is 1. The molecular weight excluding hydrogens is 377 g/mol. The van der Waals surface area contributed by atoms with E-state index in [1.807, 2.05) is 0 Å². The number of aromatic nitrogens is 1. The molecule has 1 aromatic heterocycles. The Morgan fingerprint density at radius 2 is 1.93 bits per heavy atom. The van der Waals surface area contributed by atoms with E-state index in [1.54, 1.807) is 43.4 Å². The van der Waals surface area contributed by atoms with Crippen LogP contribution in [-0.4, -0.2) is 36.8 Å². The van der Waals surface area contributed by atoms with Crippen molar-refractivity contribution in [3.63, 3.8) is 0 Å². The molecule has 0 radical (unpaired) electrons.